The van der Waals surface area contributed by atoms with Crippen molar-refractivity contribution in [1.29, 1.82) is 5.26 Å². The van der Waals surface area contributed by atoms with Gasteiger partial charge in [0.2, 0.25) is 0 Å². The molecule has 1 nitrogen and oxygen atoms in total. The highest BCUT2D eigenvalue weighted by atomic mass is 14.3. The molecule has 0 bridgehead atoms. The molecule has 0 spiro atoms. The first kappa shape index (κ1) is 7.61. The summed E-state index contributed by atoms with van der Waals surface area (Å²) in [5, 5.41) is 8.74. The lowest BCUT2D eigenvalue weighted by molar-refractivity contribution is 0.344. The van der Waals surface area contributed by atoms with Crippen LogP contribution >= 0.6 is 0 Å². The van der Waals surface area contributed by atoms with Crippen molar-refractivity contribution in [2.24, 2.45) is 11.8 Å². The molecule has 2 atom stereocenters. The van der Waals surface area contributed by atoms with Crippen LogP contribution in [-0.4, -0.2) is 0 Å². The summed E-state index contributed by atoms with van der Waals surface area (Å²) in [6.45, 7) is 0. The molecule has 0 aromatic carbocycles. The van der Waals surface area contributed by atoms with E-state index in [4.69, 9.17) is 5.26 Å². The zero-order valence-electron chi connectivity index (χ0n) is 7.16. The highest BCUT2D eigenvalue weighted by Gasteiger charge is 2.24. The van der Waals surface area contributed by atoms with Gasteiger partial charge in [-0.1, -0.05) is 18.2 Å². The fourth-order valence-corrected chi connectivity index (χ4v) is 2.20. The van der Waals surface area contributed by atoms with E-state index in [1.165, 1.54) is 12.8 Å². The van der Waals surface area contributed by atoms with Crippen molar-refractivity contribution in [2.75, 3.05) is 0 Å². The Bertz CT molecular complexity index is 267. The second kappa shape index (κ2) is 3.15. The molecule has 0 heterocycles. The number of hydrogen-bond acceptors (Lipinski definition) is 1. The van der Waals surface area contributed by atoms with Gasteiger partial charge < -0.3 is 0 Å². The minimum Gasteiger partial charge on any atom is -0.193 e. The van der Waals surface area contributed by atoms with Gasteiger partial charge in [0.05, 0.1) is 6.07 Å². The van der Waals surface area contributed by atoms with Crippen LogP contribution in [0, 0.1) is 23.2 Å². The molecule has 0 aromatic heterocycles. The van der Waals surface area contributed by atoms with Gasteiger partial charge in [-0.25, -0.2) is 0 Å². The largest absolute Gasteiger partial charge is 0.193 e. The van der Waals surface area contributed by atoms with E-state index < -0.39 is 0 Å². The van der Waals surface area contributed by atoms with Gasteiger partial charge in [0.25, 0.3) is 0 Å². The number of hydrogen-bond donors (Lipinski definition) is 0. The zero-order chi connectivity index (χ0) is 8.39. The van der Waals surface area contributed by atoms with Crippen LogP contribution in [0.2, 0.25) is 0 Å². The van der Waals surface area contributed by atoms with Crippen LogP contribution in [0.1, 0.15) is 25.7 Å². The first-order valence-corrected chi connectivity index (χ1v) is 4.66. The second-order valence-electron chi connectivity index (χ2n) is 3.71. The van der Waals surface area contributed by atoms with E-state index in [-0.39, 0.29) is 0 Å². The summed E-state index contributed by atoms with van der Waals surface area (Å²) in [7, 11) is 0. The Morgan fingerprint density at radius 1 is 1.50 bits per heavy atom. The molecular formula is C11H13N. The summed E-state index contributed by atoms with van der Waals surface area (Å²) in [5.41, 5.74) is 0.989. The fraction of sp³-hybridized carbons (Fsp3) is 0.545. The first-order chi connectivity index (χ1) is 5.90. The Labute approximate surface area is 73.4 Å². The maximum absolute atomic E-state index is 8.74. The zero-order valence-corrected chi connectivity index (χ0v) is 7.16. The standard InChI is InChI=1S/C11H13N/c12-8-9-5-6-10-3-1-2-4-11(10)7-9/h2,4-5,10-11H,1,3,6-7H2. The van der Waals surface area contributed by atoms with Crippen molar-refractivity contribution in [3.63, 3.8) is 0 Å². The number of nitrogens with zero attached hydrogens (tertiary/aromatic N) is 1. The van der Waals surface area contributed by atoms with Crippen molar-refractivity contribution in [2.45, 2.75) is 25.7 Å². The molecular weight excluding hydrogens is 146 g/mol. The van der Waals surface area contributed by atoms with Gasteiger partial charge in [-0.2, -0.15) is 5.26 Å². The van der Waals surface area contributed by atoms with E-state index >= 15 is 0 Å². The van der Waals surface area contributed by atoms with E-state index in [1.54, 1.807) is 0 Å². The third-order valence-electron chi connectivity index (χ3n) is 2.96. The smallest absolute Gasteiger partial charge is 0.0943 e. The maximum Gasteiger partial charge on any atom is 0.0943 e. The Balaban J connectivity index is 2.14. The normalized spacial score (nSPS) is 33.4. The van der Waals surface area contributed by atoms with Crippen LogP contribution in [0.5, 0.6) is 0 Å². The number of nitriles is 1. The Morgan fingerprint density at radius 2 is 2.42 bits per heavy atom. The van der Waals surface area contributed by atoms with Crippen LogP contribution in [-0.2, 0) is 0 Å². The molecule has 0 aromatic rings. The van der Waals surface area contributed by atoms with Gasteiger partial charge >= 0.3 is 0 Å². The molecule has 2 aliphatic rings. The monoisotopic (exact) mass is 159 g/mol. The highest BCUT2D eigenvalue weighted by molar-refractivity contribution is 5.25. The lowest BCUT2D eigenvalue weighted by atomic mass is 9.75. The van der Waals surface area contributed by atoms with Gasteiger partial charge in [0, 0.05) is 5.57 Å². The first-order valence-electron chi connectivity index (χ1n) is 4.66. The summed E-state index contributed by atoms with van der Waals surface area (Å²) in [6.07, 6.45) is 11.4. The molecule has 2 rings (SSSR count). The number of rotatable bonds is 0. The average molecular weight is 159 g/mol. The summed E-state index contributed by atoms with van der Waals surface area (Å²) in [5.74, 6) is 1.49. The van der Waals surface area contributed by atoms with Crippen molar-refractivity contribution < 1.29 is 0 Å². The second-order valence-corrected chi connectivity index (χ2v) is 3.71. The average Bonchev–Trinajstić information content (AvgIpc) is 2.17. The van der Waals surface area contributed by atoms with Crippen LogP contribution < -0.4 is 0 Å². The van der Waals surface area contributed by atoms with Gasteiger partial charge in [0.15, 0.2) is 0 Å². The summed E-state index contributed by atoms with van der Waals surface area (Å²) in [4.78, 5) is 0. The number of fused-ring (bicyclic) bond motifs is 1. The van der Waals surface area contributed by atoms with E-state index in [0.717, 1.165) is 24.3 Å². The van der Waals surface area contributed by atoms with Gasteiger partial charge in [-0.15, -0.1) is 0 Å². The SMILES string of the molecule is N#CC1=CCC2CCC=CC2C1. The van der Waals surface area contributed by atoms with Crippen molar-refractivity contribution in [3.05, 3.63) is 23.8 Å². The molecule has 0 aliphatic heterocycles. The third-order valence-corrected chi connectivity index (χ3v) is 2.96. The minimum absolute atomic E-state index is 0.665. The summed E-state index contributed by atoms with van der Waals surface area (Å²) in [6, 6.07) is 2.26. The van der Waals surface area contributed by atoms with Crippen LogP contribution in [0.3, 0.4) is 0 Å². The molecule has 0 saturated carbocycles. The molecule has 12 heavy (non-hydrogen) atoms. The molecule has 0 N–H and O–H groups in total. The molecule has 0 radical (unpaired) electrons. The van der Waals surface area contributed by atoms with E-state index in [0.29, 0.717) is 5.92 Å². The van der Waals surface area contributed by atoms with Gasteiger partial charge in [-0.3, -0.25) is 0 Å². The predicted molar refractivity (Wildman–Crippen MR) is 48.3 cm³/mol. The molecule has 0 fully saturated rings. The van der Waals surface area contributed by atoms with Crippen molar-refractivity contribution in [1.82, 2.24) is 0 Å². The molecule has 0 saturated heterocycles. The van der Waals surface area contributed by atoms with E-state index in [2.05, 4.69) is 24.3 Å². The Kier molecular flexibility index (Phi) is 1.99. The van der Waals surface area contributed by atoms with Crippen molar-refractivity contribution in [3.8, 4) is 6.07 Å². The third kappa shape index (κ3) is 1.30. The van der Waals surface area contributed by atoms with Crippen molar-refractivity contribution >= 4 is 0 Å². The highest BCUT2D eigenvalue weighted by Crippen LogP contribution is 2.36. The predicted octanol–water partition coefficient (Wildman–Crippen LogP) is 2.81. The number of allylic oxidation sites excluding steroid dienone is 4. The quantitative estimate of drug-likeness (QED) is 0.498. The summed E-state index contributed by atoms with van der Waals surface area (Å²) < 4.78 is 0. The topological polar surface area (TPSA) is 23.8 Å². The summed E-state index contributed by atoms with van der Waals surface area (Å²) >= 11 is 0. The molecule has 1 heteroatoms. The minimum atomic E-state index is 0.665. The molecule has 2 unspecified atom stereocenters. The molecule has 0 amide bonds. The lowest BCUT2D eigenvalue weighted by Gasteiger charge is -2.29. The maximum atomic E-state index is 8.74. The van der Waals surface area contributed by atoms with E-state index in [1.807, 2.05) is 0 Å². The molecule has 2 aliphatic carbocycles. The fourth-order valence-electron chi connectivity index (χ4n) is 2.20. The van der Waals surface area contributed by atoms with Crippen LogP contribution in [0.4, 0.5) is 0 Å². The van der Waals surface area contributed by atoms with Crippen LogP contribution in [0.25, 0.3) is 0 Å². The molecule has 62 valence electrons. The van der Waals surface area contributed by atoms with Gasteiger partial charge in [-0.05, 0) is 37.5 Å². The van der Waals surface area contributed by atoms with Gasteiger partial charge in [0.1, 0.15) is 0 Å². The lowest BCUT2D eigenvalue weighted by Crippen LogP contribution is -2.19. The van der Waals surface area contributed by atoms with E-state index in [9.17, 15) is 0 Å². The Morgan fingerprint density at radius 3 is 3.25 bits per heavy atom. The van der Waals surface area contributed by atoms with Crippen LogP contribution in [0.15, 0.2) is 23.8 Å². The Hall–Kier alpha value is -1.03.